The van der Waals surface area contributed by atoms with Crippen LogP contribution >= 0.6 is 0 Å². The summed E-state index contributed by atoms with van der Waals surface area (Å²) in [7, 11) is 0. The number of benzene rings is 3. The third-order valence-electron chi connectivity index (χ3n) is 6.30. The van der Waals surface area contributed by atoms with E-state index in [0.717, 1.165) is 45.7 Å². The molecule has 2 aliphatic rings. The fourth-order valence-corrected chi connectivity index (χ4v) is 5.29. The molecule has 0 amide bonds. The minimum Gasteiger partial charge on any atom is -0.455 e. The molecule has 0 saturated heterocycles. The van der Waals surface area contributed by atoms with Crippen molar-refractivity contribution in [1.82, 2.24) is 0 Å². The summed E-state index contributed by atoms with van der Waals surface area (Å²) in [5.74, 6) is 0.910. The van der Waals surface area contributed by atoms with E-state index in [0.29, 0.717) is 11.7 Å². The van der Waals surface area contributed by atoms with Crippen LogP contribution in [0.3, 0.4) is 0 Å². The van der Waals surface area contributed by atoms with E-state index in [4.69, 9.17) is 4.42 Å². The summed E-state index contributed by atoms with van der Waals surface area (Å²) in [6.45, 7) is 0. The molecule has 2 aliphatic carbocycles. The lowest BCUT2D eigenvalue weighted by Gasteiger charge is -2.24. The van der Waals surface area contributed by atoms with Crippen molar-refractivity contribution in [3.8, 4) is 0 Å². The second-order valence-corrected chi connectivity index (χ2v) is 7.50. The van der Waals surface area contributed by atoms with Crippen LogP contribution in [0.1, 0.15) is 47.5 Å². The Labute approximate surface area is 145 Å². The predicted octanol–water partition coefficient (Wildman–Crippen LogP) is 6.21. The number of para-hydroxylation sites is 1. The second kappa shape index (κ2) is 4.72. The first kappa shape index (κ1) is 13.7. The van der Waals surface area contributed by atoms with Crippen LogP contribution in [-0.2, 0) is 0 Å². The molecule has 1 fully saturated rings. The van der Waals surface area contributed by atoms with Gasteiger partial charge in [-0.25, -0.2) is 0 Å². The molecule has 25 heavy (non-hydrogen) atoms. The highest BCUT2D eigenvalue weighted by Gasteiger charge is 2.43. The molecular weight excluding hydrogens is 308 g/mol. The molecule has 4 aromatic rings. The number of Topliss-reactive ketones (excluding diaryl/α,β-unsaturated/α-hetero) is 1. The Kier molecular flexibility index (Phi) is 2.58. The van der Waals surface area contributed by atoms with Crippen molar-refractivity contribution >= 4 is 38.5 Å². The summed E-state index contributed by atoms with van der Waals surface area (Å²) >= 11 is 0. The molecule has 0 bridgehead atoms. The normalized spacial score (nSPS) is 22.6. The van der Waals surface area contributed by atoms with E-state index in [2.05, 4.69) is 30.3 Å². The van der Waals surface area contributed by atoms with Gasteiger partial charge in [-0.1, -0.05) is 55.3 Å². The van der Waals surface area contributed by atoms with Gasteiger partial charge in [0, 0.05) is 27.6 Å². The van der Waals surface area contributed by atoms with Gasteiger partial charge in [-0.3, -0.25) is 4.79 Å². The van der Waals surface area contributed by atoms with Gasteiger partial charge in [0.15, 0.2) is 5.78 Å². The third kappa shape index (κ3) is 1.62. The van der Waals surface area contributed by atoms with Gasteiger partial charge in [0.2, 0.25) is 0 Å². The number of carbonyl (C=O) groups excluding carboxylic acids is 1. The van der Waals surface area contributed by atoms with Gasteiger partial charge < -0.3 is 4.42 Å². The Hall–Kier alpha value is -2.61. The predicted molar refractivity (Wildman–Crippen MR) is 100 cm³/mol. The summed E-state index contributed by atoms with van der Waals surface area (Å²) in [6, 6.07) is 16.6. The molecule has 2 heteroatoms. The molecule has 3 aromatic carbocycles. The third-order valence-corrected chi connectivity index (χ3v) is 6.30. The number of rotatable bonds is 0. The van der Waals surface area contributed by atoms with E-state index < -0.39 is 0 Å². The second-order valence-electron chi connectivity index (χ2n) is 7.50. The molecular formula is C23H18O2. The zero-order valence-electron chi connectivity index (χ0n) is 13.9. The first-order chi connectivity index (χ1) is 12.3. The van der Waals surface area contributed by atoms with Gasteiger partial charge in [0.25, 0.3) is 0 Å². The van der Waals surface area contributed by atoms with Crippen LogP contribution in [0.4, 0.5) is 0 Å². The highest BCUT2D eigenvalue weighted by Crippen LogP contribution is 2.53. The minimum absolute atomic E-state index is 0.173. The van der Waals surface area contributed by atoms with Crippen molar-refractivity contribution in [3.05, 3.63) is 59.7 Å². The topological polar surface area (TPSA) is 30.2 Å². The van der Waals surface area contributed by atoms with Gasteiger partial charge in [-0.15, -0.1) is 0 Å². The molecule has 122 valence electrons. The first-order valence-corrected chi connectivity index (χ1v) is 9.24. The number of carbonyl (C=O) groups is 1. The van der Waals surface area contributed by atoms with Crippen molar-refractivity contribution in [2.75, 3.05) is 0 Å². The molecule has 0 unspecified atom stereocenters. The molecule has 6 rings (SSSR count). The van der Waals surface area contributed by atoms with Crippen LogP contribution in [0.2, 0.25) is 0 Å². The summed E-state index contributed by atoms with van der Waals surface area (Å²) in [4.78, 5) is 13.4. The van der Waals surface area contributed by atoms with Crippen molar-refractivity contribution in [2.45, 2.75) is 31.6 Å². The fourth-order valence-electron chi connectivity index (χ4n) is 5.29. The van der Waals surface area contributed by atoms with Gasteiger partial charge in [-0.2, -0.15) is 0 Å². The summed E-state index contributed by atoms with van der Waals surface area (Å²) in [6.07, 6.45) is 4.57. The van der Waals surface area contributed by atoms with Gasteiger partial charge in [0.05, 0.1) is 0 Å². The lowest BCUT2D eigenvalue weighted by atomic mass is 9.78. The Morgan fingerprint density at radius 3 is 2.32 bits per heavy atom. The molecule has 0 N–H and O–H groups in total. The number of fused-ring (bicyclic) bond motifs is 10. The quantitative estimate of drug-likeness (QED) is 0.384. The van der Waals surface area contributed by atoms with Crippen LogP contribution in [0.15, 0.2) is 52.9 Å². The van der Waals surface area contributed by atoms with E-state index in [9.17, 15) is 4.79 Å². The smallest absolute Gasteiger partial charge is 0.167 e. The molecule has 1 saturated carbocycles. The van der Waals surface area contributed by atoms with Crippen LogP contribution in [0, 0.1) is 5.92 Å². The largest absolute Gasteiger partial charge is 0.455 e. The number of hydrogen-bond donors (Lipinski definition) is 0. The van der Waals surface area contributed by atoms with Gasteiger partial charge in [0.1, 0.15) is 11.2 Å². The van der Waals surface area contributed by atoms with Crippen molar-refractivity contribution in [3.63, 3.8) is 0 Å². The van der Waals surface area contributed by atoms with E-state index >= 15 is 0 Å². The molecule has 0 aliphatic heterocycles. The van der Waals surface area contributed by atoms with E-state index in [1.165, 1.54) is 23.8 Å². The fraction of sp³-hybridized carbons (Fsp3) is 0.261. The van der Waals surface area contributed by atoms with Crippen molar-refractivity contribution in [2.24, 2.45) is 5.92 Å². The monoisotopic (exact) mass is 326 g/mol. The Morgan fingerprint density at radius 1 is 0.800 bits per heavy atom. The van der Waals surface area contributed by atoms with Crippen LogP contribution in [0.5, 0.6) is 0 Å². The maximum absolute atomic E-state index is 13.4. The Morgan fingerprint density at radius 2 is 1.48 bits per heavy atom. The SMILES string of the molecule is O=C1c2c(c3ccccc3c3oc4ccccc4c23)[C@H]2CCCC[C@@H]12. The Bertz CT molecular complexity index is 1180. The zero-order chi connectivity index (χ0) is 16.5. The van der Waals surface area contributed by atoms with E-state index in [1.54, 1.807) is 0 Å². The van der Waals surface area contributed by atoms with E-state index in [-0.39, 0.29) is 5.92 Å². The van der Waals surface area contributed by atoms with E-state index in [1.807, 2.05) is 18.2 Å². The van der Waals surface area contributed by atoms with Gasteiger partial charge in [-0.05, 0) is 35.8 Å². The zero-order valence-corrected chi connectivity index (χ0v) is 13.9. The maximum atomic E-state index is 13.4. The van der Waals surface area contributed by atoms with Crippen molar-refractivity contribution < 1.29 is 9.21 Å². The highest BCUT2D eigenvalue weighted by atomic mass is 16.3. The number of furan rings is 1. The standard InChI is InChI=1S/C23H18O2/c24-22-15-9-3-1-7-13(15)19-14-8-2-4-10-16(14)23-20(21(19)22)17-11-5-6-12-18(17)25-23/h2,4-6,8,10-13,15H,1,3,7,9H2/t13-,15+/m0/s1. The lowest BCUT2D eigenvalue weighted by molar-refractivity contribution is 0.0899. The summed E-state index contributed by atoms with van der Waals surface area (Å²) < 4.78 is 6.24. The highest BCUT2D eigenvalue weighted by molar-refractivity contribution is 6.27. The average Bonchev–Trinajstić information content (AvgIpc) is 3.19. The lowest BCUT2D eigenvalue weighted by Crippen LogP contribution is -2.17. The van der Waals surface area contributed by atoms with Crippen LogP contribution < -0.4 is 0 Å². The molecule has 0 spiro atoms. The maximum Gasteiger partial charge on any atom is 0.167 e. The van der Waals surface area contributed by atoms with Gasteiger partial charge >= 0.3 is 0 Å². The van der Waals surface area contributed by atoms with Crippen LogP contribution in [-0.4, -0.2) is 5.78 Å². The summed E-state index contributed by atoms with van der Waals surface area (Å²) in [5.41, 5.74) is 4.00. The average molecular weight is 326 g/mol. The number of hydrogen-bond acceptors (Lipinski definition) is 2. The molecule has 1 heterocycles. The minimum atomic E-state index is 0.173. The van der Waals surface area contributed by atoms with Crippen LogP contribution in [0.25, 0.3) is 32.7 Å². The molecule has 2 nitrogen and oxygen atoms in total. The Balaban J connectivity index is 1.88. The van der Waals surface area contributed by atoms with Crippen molar-refractivity contribution in [1.29, 1.82) is 0 Å². The molecule has 0 radical (unpaired) electrons. The summed E-state index contributed by atoms with van der Waals surface area (Å²) in [5, 5.41) is 4.48. The first-order valence-electron chi connectivity index (χ1n) is 9.24. The molecule has 2 atom stereocenters. The molecule has 1 aromatic heterocycles. The number of ketones is 1.